The van der Waals surface area contributed by atoms with Gasteiger partial charge in [-0.05, 0) is 87.3 Å². The topological polar surface area (TPSA) is 67.3 Å². The van der Waals surface area contributed by atoms with Crippen LogP contribution < -0.4 is 0 Å². The van der Waals surface area contributed by atoms with Crippen molar-refractivity contribution < 1.29 is 0 Å². The first-order valence-corrected chi connectivity index (χ1v) is 29.2. The van der Waals surface area contributed by atoms with Crippen molar-refractivity contribution in [2.24, 2.45) is 0 Å². The molecule has 0 bridgehead atoms. The van der Waals surface area contributed by atoms with Crippen molar-refractivity contribution in [3.05, 3.63) is 271 Å². The Morgan fingerprint density at radius 2 is 0.714 bits per heavy atom. The lowest BCUT2D eigenvalue weighted by atomic mass is 9.92. The van der Waals surface area contributed by atoms with Gasteiger partial charge in [0.2, 0.25) is 0 Å². The highest BCUT2D eigenvalue weighted by Gasteiger charge is 2.34. The summed E-state index contributed by atoms with van der Waals surface area (Å²) in [5.41, 5.74) is 13.6. The van der Waals surface area contributed by atoms with E-state index < -0.39 is 0 Å². The number of para-hydroxylation sites is 6. The zero-order valence-corrected chi connectivity index (χ0v) is 45.9. The van der Waals surface area contributed by atoms with E-state index in [1.165, 1.54) is 47.1 Å². The minimum absolute atomic E-state index is 0.241. The van der Waals surface area contributed by atoms with Gasteiger partial charge in [0, 0.05) is 68.8 Å². The molecule has 18 aromatic rings. The Balaban J connectivity index is 1.05. The van der Waals surface area contributed by atoms with E-state index >= 15 is 0 Å². The molecule has 0 amide bonds. The molecule has 84 heavy (non-hydrogen) atoms. The Morgan fingerprint density at radius 1 is 0.298 bits per heavy atom. The van der Waals surface area contributed by atoms with Crippen LogP contribution in [0.2, 0.25) is 0 Å². The smallest absolute Gasteiger partial charge is 0.104 e. The summed E-state index contributed by atoms with van der Waals surface area (Å²) in [7, 11) is 0. The molecule has 0 saturated heterocycles. The summed E-state index contributed by atoms with van der Waals surface area (Å²) in [5, 5.41) is 41.4. The van der Waals surface area contributed by atoms with Gasteiger partial charge in [0.05, 0.1) is 73.3 Å². The molecular formula is C77H44N6S. The number of rotatable bonds is 6. The van der Waals surface area contributed by atoms with Gasteiger partial charge in [0.25, 0.3) is 0 Å². The van der Waals surface area contributed by atoms with E-state index in [4.69, 9.17) is 0 Å². The molecule has 0 aliphatic heterocycles. The fraction of sp³-hybridized carbons (Fsp3) is 0.0130. The van der Waals surface area contributed by atoms with Crippen LogP contribution in [0.5, 0.6) is 0 Å². The van der Waals surface area contributed by atoms with Gasteiger partial charge in [-0.2, -0.15) is 10.5 Å². The minimum atomic E-state index is 0.241. The van der Waals surface area contributed by atoms with Gasteiger partial charge in [0.15, 0.2) is 0 Å². The molecule has 5 aromatic heterocycles. The average Bonchev–Trinajstić information content (AvgIpc) is 2.87. The summed E-state index contributed by atoms with van der Waals surface area (Å²) in [5.74, 6) is 0. The Hall–Kier alpha value is -11.2. The van der Waals surface area contributed by atoms with Crippen LogP contribution in [0.1, 0.15) is 16.7 Å². The molecule has 0 radical (unpaired) electrons. The van der Waals surface area contributed by atoms with Gasteiger partial charge in [-0.25, -0.2) is 0 Å². The van der Waals surface area contributed by atoms with Crippen molar-refractivity contribution in [3.63, 3.8) is 0 Å². The van der Waals surface area contributed by atoms with Crippen LogP contribution >= 0.6 is 11.3 Å². The molecule has 0 N–H and O–H groups in total. The third-order valence-corrected chi connectivity index (χ3v) is 19.2. The molecular weight excluding hydrogens is 1040 g/mol. The first-order chi connectivity index (χ1) is 41.7. The highest BCUT2D eigenvalue weighted by atomic mass is 32.1. The summed E-state index contributed by atoms with van der Waals surface area (Å²) in [6.07, 6.45) is 0. The molecule has 13 aromatic carbocycles. The summed E-state index contributed by atoms with van der Waals surface area (Å²) in [6.45, 7) is 0.241. The Kier molecular flexibility index (Phi) is 9.77. The van der Waals surface area contributed by atoms with Gasteiger partial charge < -0.3 is 18.3 Å². The van der Waals surface area contributed by atoms with Crippen LogP contribution in [0.4, 0.5) is 0 Å². The maximum absolute atomic E-state index is 12.8. The number of benzene rings is 13. The van der Waals surface area contributed by atoms with Crippen LogP contribution in [-0.2, 0) is 6.54 Å². The highest BCUT2D eigenvalue weighted by Crippen LogP contribution is 2.50. The summed E-state index contributed by atoms with van der Waals surface area (Å²) >= 11 is 1.84. The Morgan fingerprint density at radius 3 is 1.27 bits per heavy atom. The van der Waals surface area contributed by atoms with Crippen molar-refractivity contribution in [1.29, 1.82) is 10.5 Å². The number of nitriles is 2. The maximum Gasteiger partial charge on any atom is 0.104 e. The van der Waals surface area contributed by atoms with Crippen LogP contribution in [-0.4, -0.2) is 18.3 Å². The molecule has 0 unspecified atom stereocenters. The maximum atomic E-state index is 12.8. The normalized spacial score (nSPS) is 12.1. The number of fused-ring (bicyclic) bond motifs is 19. The van der Waals surface area contributed by atoms with Gasteiger partial charge in [-0.3, -0.25) is 0 Å². The van der Waals surface area contributed by atoms with Crippen LogP contribution in [0.15, 0.2) is 255 Å². The molecule has 0 spiro atoms. The van der Waals surface area contributed by atoms with E-state index in [1.54, 1.807) is 0 Å². The lowest BCUT2D eigenvalue weighted by molar-refractivity contribution is 0.851. The van der Waals surface area contributed by atoms with Crippen LogP contribution in [0.3, 0.4) is 0 Å². The zero-order chi connectivity index (χ0) is 55.3. The summed E-state index contributed by atoms with van der Waals surface area (Å²) < 4.78 is 11.7. The van der Waals surface area contributed by atoms with Crippen molar-refractivity contribution in [2.75, 3.05) is 0 Å². The molecule has 0 fully saturated rings. The first-order valence-electron chi connectivity index (χ1n) is 28.4. The van der Waals surface area contributed by atoms with Crippen LogP contribution in [0.25, 0.3) is 157 Å². The molecule has 388 valence electrons. The standard InChI is InChI=1S/C77H44N6S/c78-43-60-62(45-80-69-37-18-30-58(49-29-17-28-48-47-20-2-1-19-46(47)39-40-50(48)49)72(69)73-70(80)42-41-59-57-27-9-16-38-71(57)84-77(59)73)74(81-63-31-10-3-21-51(63)52-22-4-11-32-64(52)81)61(44-79)76(83-67-35-14-7-25-55(67)56-26-8-15-36-68(56)83)75(60)82-65-33-12-5-23-53(65)54-24-6-13-34-66(54)82/h1-42H,45H2. The lowest BCUT2D eigenvalue weighted by Crippen LogP contribution is -2.17. The summed E-state index contributed by atoms with van der Waals surface area (Å²) in [6, 6.07) is 96.9. The van der Waals surface area contributed by atoms with Gasteiger partial charge in [0.1, 0.15) is 17.7 Å². The number of hydrogen-bond donors (Lipinski definition) is 0. The average molecular weight is 1090 g/mol. The van der Waals surface area contributed by atoms with E-state index in [2.05, 4.69) is 285 Å². The van der Waals surface area contributed by atoms with Gasteiger partial charge >= 0.3 is 0 Å². The number of nitrogens with zero attached hydrogens (tertiary/aromatic N) is 6. The molecule has 0 aliphatic rings. The Labute approximate surface area is 484 Å². The molecule has 0 aliphatic carbocycles. The van der Waals surface area contributed by atoms with Crippen molar-refractivity contribution in [3.8, 4) is 40.3 Å². The van der Waals surface area contributed by atoms with E-state index in [0.29, 0.717) is 28.2 Å². The Bertz CT molecular complexity index is 5840. The second-order valence-electron chi connectivity index (χ2n) is 22.0. The van der Waals surface area contributed by atoms with E-state index in [1.807, 2.05) is 11.3 Å². The monoisotopic (exact) mass is 1080 g/mol. The predicted molar refractivity (Wildman–Crippen MR) is 351 cm³/mol. The zero-order valence-electron chi connectivity index (χ0n) is 45.0. The molecule has 18 rings (SSSR count). The third-order valence-electron chi connectivity index (χ3n) is 17.9. The predicted octanol–water partition coefficient (Wildman–Crippen LogP) is 20.2. The van der Waals surface area contributed by atoms with Crippen molar-refractivity contribution in [2.45, 2.75) is 6.54 Å². The minimum Gasteiger partial charge on any atom is -0.336 e. The van der Waals surface area contributed by atoms with Crippen LogP contribution in [0, 0.1) is 22.7 Å². The fourth-order valence-electron chi connectivity index (χ4n) is 14.5. The largest absolute Gasteiger partial charge is 0.336 e. The van der Waals surface area contributed by atoms with E-state index in [-0.39, 0.29) is 6.54 Å². The van der Waals surface area contributed by atoms with Gasteiger partial charge in [-0.15, -0.1) is 11.3 Å². The van der Waals surface area contributed by atoms with E-state index in [0.717, 1.165) is 98.5 Å². The lowest BCUT2D eigenvalue weighted by Gasteiger charge is -2.26. The fourth-order valence-corrected chi connectivity index (χ4v) is 15.8. The third kappa shape index (κ3) is 6.25. The van der Waals surface area contributed by atoms with Crippen molar-refractivity contribution >= 4 is 140 Å². The first kappa shape index (κ1) is 46.5. The van der Waals surface area contributed by atoms with E-state index in [9.17, 15) is 10.5 Å². The van der Waals surface area contributed by atoms with Gasteiger partial charge in [-0.1, -0.05) is 200 Å². The number of thiophene rings is 1. The summed E-state index contributed by atoms with van der Waals surface area (Å²) in [4.78, 5) is 0. The molecule has 7 heteroatoms. The second kappa shape index (κ2) is 17.6. The number of hydrogen-bond acceptors (Lipinski definition) is 3. The molecule has 0 saturated carbocycles. The van der Waals surface area contributed by atoms with Crippen molar-refractivity contribution in [1.82, 2.24) is 18.3 Å². The number of aromatic nitrogens is 4. The molecule has 0 atom stereocenters. The molecule has 6 nitrogen and oxygen atoms in total. The highest BCUT2D eigenvalue weighted by molar-refractivity contribution is 7.26. The SMILES string of the molecule is N#Cc1c(Cn2c3cccc(-c4cccc5c4ccc4ccccc45)c3c3c4sc5ccccc5c4ccc32)c(-n2c3ccccc3c3ccccc32)c(C#N)c(-n2c3ccccc3c3ccccc32)c1-n1c2ccccc2c2ccccc21. The quantitative estimate of drug-likeness (QED) is 0.156. The molecule has 5 heterocycles. The second-order valence-corrected chi connectivity index (χ2v) is 23.1.